The van der Waals surface area contributed by atoms with E-state index < -0.39 is 18.0 Å². The fourth-order valence-corrected chi connectivity index (χ4v) is 3.48. The first kappa shape index (κ1) is 21.2. The normalized spacial score (nSPS) is 11.8. The Morgan fingerprint density at radius 1 is 1.03 bits per heavy atom. The summed E-state index contributed by atoms with van der Waals surface area (Å²) in [5.74, 6) is -1.03. The van der Waals surface area contributed by atoms with Gasteiger partial charge in [0.1, 0.15) is 5.52 Å². The molecule has 1 heterocycles. The summed E-state index contributed by atoms with van der Waals surface area (Å²) < 4.78 is 7.45. The zero-order valence-electron chi connectivity index (χ0n) is 18.2. The van der Waals surface area contributed by atoms with Crippen LogP contribution >= 0.6 is 0 Å². The molecule has 32 heavy (non-hydrogen) atoms. The third kappa shape index (κ3) is 4.37. The largest absolute Gasteiger partial charge is 0.444 e. The Bertz CT molecular complexity index is 1280. The van der Waals surface area contributed by atoms with Crippen LogP contribution in [-0.4, -0.2) is 26.9 Å². The molecule has 0 aliphatic carbocycles. The number of rotatable bonds is 6. The van der Waals surface area contributed by atoms with Gasteiger partial charge in [-0.1, -0.05) is 47.7 Å². The monoisotopic (exact) mass is 428 g/mol. The predicted octanol–water partition coefficient (Wildman–Crippen LogP) is 4.60. The van der Waals surface area contributed by atoms with Crippen LogP contribution in [0.2, 0.25) is 0 Å². The maximum atomic E-state index is 13.2. The highest BCUT2D eigenvalue weighted by Crippen LogP contribution is 2.24. The SMILES string of the molecule is CCn1nnc2cc(C(=O)OC(C(=O)Nc3cc(C)ccc3C)c3ccccc3)ccc21. The topological polar surface area (TPSA) is 86.1 Å². The van der Waals surface area contributed by atoms with E-state index in [4.69, 9.17) is 4.74 Å². The summed E-state index contributed by atoms with van der Waals surface area (Å²) in [6.45, 7) is 6.51. The zero-order valence-corrected chi connectivity index (χ0v) is 18.2. The van der Waals surface area contributed by atoms with E-state index in [0.29, 0.717) is 28.9 Å². The van der Waals surface area contributed by atoms with Crippen molar-refractivity contribution in [2.45, 2.75) is 33.4 Å². The molecule has 162 valence electrons. The van der Waals surface area contributed by atoms with Crippen LogP contribution in [-0.2, 0) is 16.1 Å². The van der Waals surface area contributed by atoms with Crippen LogP contribution in [0.1, 0.15) is 40.1 Å². The van der Waals surface area contributed by atoms with Crippen LogP contribution in [0.3, 0.4) is 0 Å². The number of carbonyl (C=O) groups is 2. The number of carbonyl (C=O) groups excluding carboxylic acids is 2. The predicted molar refractivity (Wildman–Crippen MR) is 122 cm³/mol. The average molecular weight is 428 g/mol. The van der Waals surface area contributed by atoms with E-state index in [0.717, 1.165) is 16.6 Å². The molecule has 7 heteroatoms. The number of hydrogen-bond acceptors (Lipinski definition) is 5. The quantitative estimate of drug-likeness (QED) is 0.454. The number of fused-ring (bicyclic) bond motifs is 1. The number of amides is 1. The summed E-state index contributed by atoms with van der Waals surface area (Å²) in [4.78, 5) is 26.2. The van der Waals surface area contributed by atoms with E-state index in [-0.39, 0.29) is 0 Å². The Morgan fingerprint density at radius 3 is 2.56 bits per heavy atom. The Hall–Kier alpha value is -4.00. The van der Waals surface area contributed by atoms with E-state index in [9.17, 15) is 9.59 Å². The van der Waals surface area contributed by atoms with E-state index in [1.54, 1.807) is 47.1 Å². The van der Waals surface area contributed by atoms with Gasteiger partial charge in [0.2, 0.25) is 6.10 Å². The molecule has 1 N–H and O–H groups in total. The third-order valence-corrected chi connectivity index (χ3v) is 5.27. The van der Waals surface area contributed by atoms with Gasteiger partial charge in [-0.25, -0.2) is 9.48 Å². The van der Waals surface area contributed by atoms with Crippen LogP contribution in [0.25, 0.3) is 11.0 Å². The Kier molecular flexibility index (Phi) is 5.98. The number of anilines is 1. The molecule has 7 nitrogen and oxygen atoms in total. The minimum atomic E-state index is -1.11. The first-order valence-corrected chi connectivity index (χ1v) is 10.4. The van der Waals surface area contributed by atoms with E-state index >= 15 is 0 Å². The standard InChI is InChI=1S/C25H24N4O3/c1-4-29-22-13-12-19(15-21(22)27-28-29)25(31)32-23(18-8-6-5-7-9-18)24(30)26-20-14-16(2)10-11-17(20)3/h5-15,23H,4H2,1-3H3,(H,26,30). The molecule has 0 aliphatic heterocycles. The van der Waals surface area contributed by atoms with Gasteiger partial charge in [-0.3, -0.25) is 4.79 Å². The van der Waals surface area contributed by atoms with Crippen LogP contribution in [0, 0.1) is 13.8 Å². The summed E-state index contributed by atoms with van der Waals surface area (Å²) in [7, 11) is 0. The third-order valence-electron chi connectivity index (χ3n) is 5.27. The molecular weight excluding hydrogens is 404 g/mol. The lowest BCUT2D eigenvalue weighted by molar-refractivity contribution is -0.125. The Labute approximate surface area is 186 Å². The van der Waals surface area contributed by atoms with Crippen molar-refractivity contribution in [2.75, 3.05) is 5.32 Å². The molecule has 0 aliphatic rings. The minimum Gasteiger partial charge on any atom is -0.444 e. The highest BCUT2D eigenvalue weighted by molar-refractivity contribution is 5.99. The molecule has 0 radical (unpaired) electrons. The molecule has 4 aromatic rings. The number of esters is 1. The second-order valence-electron chi connectivity index (χ2n) is 7.61. The average Bonchev–Trinajstić information content (AvgIpc) is 3.22. The second-order valence-corrected chi connectivity index (χ2v) is 7.61. The lowest BCUT2D eigenvalue weighted by Crippen LogP contribution is -2.26. The van der Waals surface area contributed by atoms with Crippen molar-refractivity contribution in [2.24, 2.45) is 0 Å². The summed E-state index contributed by atoms with van der Waals surface area (Å²) in [6.07, 6.45) is -1.11. The number of hydrogen-bond donors (Lipinski definition) is 1. The van der Waals surface area contributed by atoms with Crippen molar-refractivity contribution in [1.82, 2.24) is 15.0 Å². The van der Waals surface area contributed by atoms with Crippen molar-refractivity contribution >= 4 is 28.6 Å². The van der Waals surface area contributed by atoms with Gasteiger partial charge in [0.15, 0.2) is 0 Å². The Balaban J connectivity index is 1.61. The first-order valence-electron chi connectivity index (χ1n) is 10.4. The lowest BCUT2D eigenvalue weighted by atomic mass is 10.1. The van der Waals surface area contributed by atoms with E-state index in [1.807, 2.05) is 45.0 Å². The maximum absolute atomic E-state index is 13.2. The summed E-state index contributed by atoms with van der Waals surface area (Å²) in [5, 5.41) is 11.1. The van der Waals surface area contributed by atoms with E-state index in [2.05, 4.69) is 15.6 Å². The van der Waals surface area contributed by atoms with Gasteiger partial charge in [-0.15, -0.1) is 5.10 Å². The van der Waals surface area contributed by atoms with Crippen LogP contribution in [0.15, 0.2) is 66.7 Å². The smallest absolute Gasteiger partial charge is 0.339 e. The molecule has 0 fully saturated rings. The number of aryl methyl sites for hydroxylation is 3. The fraction of sp³-hybridized carbons (Fsp3) is 0.200. The zero-order chi connectivity index (χ0) is 22.7. The van der Waals surface area contributed by atoms with Gasteiger partial charge in [0, 0.05) is 17.8 Å². The van der Waals surface area contributed by atoms with Gasteiger partial charge in [-0.05, 0) is 56.2 Å². The van der Waals surface area contributed by atoms with Gasteiger partial charge < -0.3 is 10.1 Å². The van der Waals surface area contributed by atoms with E-state index in [1.165, 1.54) is 0 Å². The maximum Gasteiger partial charge on any atom is 0.339 e. The highest BCUT2D eigenvalue weighted by atomic mass is 16.5. The molecule has 3 aromatic carbocycles. The minimum absolute atomic E-state index is 0.307. The molecule has 0 saturated heterocycles. The fourth-order valence-electron chi connectivity index (χ4n) is 3.48. The highest BCUT2D eigenvalue weighted by Gasteiger charge is 2.26. The van der Waals surface area contributed by atoms with Crippen molar-refractivity contribution in [1.29, 1.82) is 0 Å². The molecular formula is C25H24N4O3. The molecule has 1 amide bonds. The van der Waals surface area contributed by atoms with Crippen LogP contribution in [0.5, 0.6) is 0 Å². The van der Waals surface area contributed by atoms with Crippen LogP contribution in [0.4, 0.5) is 5.69 Å². The molecule has 1 aromatic heterocycles. The van der Waals surface area contributed by atoms with Crippen molar-refractivity contribution < 1.29 is 14.3 Å². The van der Waals surface area contributed by atoms with Crippen LogP contribution < -0.4 is 5.32 Å². The number of benzene rings is 3. The van der Waals surface area contributed by atoms with Crippen molar-refractivity contribution in [3.05, 3.63) is 89.0 Å². The molecule has 0 spiro atoms. The number of nitrogens with zero attached hydrogens (tertiary/aromatic N) is 3. The second kappa shape index (κ2) is 9.01. The lowest BCUT2D eigenvalue weighted by Gasteiger charge is -2.19. The van der Waals surface area contributed by atoms with Gasteiger partial charge >= 0.3 is 5.97 Å². The Morgan fingerprint density at radius 2 is 1.81 bits per heavy atom. The van der Waals surface area contributed by atoms with Crippen molar-refractivity contribution in [3.8, 4) is 0 Å². The summed E-state index contributed by atoms with van der Waals surface area (Å²) in [6, 6.07) is 19.8. The van der Waals surface area contributed by atoms with Gasteiger partial charge in [0.25, 0.3) is 5.91 Å². The first-order chi connectivity index (χ1) is 15.5. The number of nitrogens with one attached hydrogen (secondary N) is 1. The molecule has 0 saturated carbocycles. The molecule has 0 bridgehead atoms. The molecule has 1 unspecified atom stereocenters. The molecule has 1 atom stereocenters. The number of ether oxygens (including phenoxy) is 1. The number of aromatic nitrogens is 3. The molecule has 4 rings (SSSR count). The summed E-state index contributed by atoms with van der Waals surface area (Å²) in [5.41, 5.74) is 4.94. The van der Waals surface area contributed by atoms with Gasteiger partial charge in [-0.2, -0.15) is 0 Å². The van der Waals surface area contributed by atoms with Gasteiger partial charge in [0.05, 0.1) is 11.1 Å². The van der Waals surface area contributed by atoms with Crippen molar-refractivity contribution in [3.63, 3.8) is 0 Å². The summed E-state index contributed by atoms with van der Waals surface area (Å²) >= 11 is 0.